The molecule has 2 aromatic carbocycles. The van der Waals surface area contributed by atoms with Crippen LogP contribution in [-0.2, 0) is 11.3 Å². The van der Waals surface area contributed by atoms with Gasteiger partial charge in [0.1, 0.15) is 0 Å². The van der Waals surface area contributed by atoms with E-state index >= 15 is 0 Å². The van der Waals surface area contributed by atoms with Crippen molar-refractivity contribution in [2.75, 3.05) is 0 Å². The Labute approximate surface area is 125 Å². The fourth-order valence-electron chi connectivity index (χ4n) is 2.07. The standard InChI is InChI=1S/C18H21NO2/c1-18(2,3)17(20)19(21)13-14-9-11-16(12-10-14)15-7-5-4-6-8-15/h4-12,21H,13H2,1-3H3. The number of hydrogen-bond donors (Lipinski definition) is 1. The Kier molecular flexibility index (Phi) is 4.43. The lowest BCUT2D eigenvalue weighted by Gasteiger charge is -2.24. The molecule has 0 saturated heterocycles. The number of carbonyl (C=O) groups excluding carboxylic acids is 1. The van der Waals surface area contributed by atoms with E-state index in [2.05, 4.69) is 12.1 Å². The lowest BCUT2D eigenvalue weighted by molar-refractivity contribution is -0.177. The monoisotopic (exact) mass is 283 g/mol. The maximum Gasteiger partial charge on any atom is 0.251 e. The molecule has 0 unspecified atom stereocenters. The molecule has 0 spiro atoms. The molecule has 2 aromatic rings. The third kappa shape index (κ3) is 3.92. The van der Waals surface area contributed by atoms with Crippen LogP contribution in [0.25, 0.3) is 11.1 Å². The molecule has 1 N–H and O–H groups in total. The second-order valence-electron chi connectivity index (χ2n) is 6.18. The van der Waals surface area contributed by atoms with Crippen molar-refractivity contribution in [2.45, 2.75) is 27.3 Å². The molecule has 3 nitrogen and oxygen atoms in total. The summed E-state index contributed by atoms with van der Waals surface area (Å²) in [5.74, 6) is -0.283. The van der Waals surface area contributed by atoms with Crippen LogP contribution in [0, 0.1) is 5.41 Å². The lowest BCUT2D eigenvalue weighted by atomic mass is 9.95. The Morgan fingerprint density at radius 1 is 0.952 bits per heavy atom. The van der Waals surface area contributed by atoms with E-state index in [1.54, 1.807) is 20.8 Å². The van der Waals surface area contributed by atoms with Crippen molar-refractivity contribution < 1.29 is 10.0 Å². The second-order valence-corrected chi connectivity index (χ2v) is 6.18. The molecule has 3 heteroatoms. The van der Waals surface area contributed by atoms with E-state index in [0.29, 0.717) is 0 Å². The molecule has 0 fully saturated rings. The van der Waals surface area contributed by atoms with Gasteiger partial charge >= 0.3 is 0 Å². The number of rotatable bonds is 3. The molecule has 2 rings (SSSR count). The summed E-state index contributed by atoms with van der Waals surface area (Å²) in [6.45, 7) is 5.57. The smallest absolute Gasteiger partial charge is 0.251 e. The third-order valence-electron chi connectivity index (χ3n) is 3.27. The van der Waals surface area contributed by atoms with Crippen molar-refractivity contribution >= 4 is 5.91 Å². The minimum absolute atomic E-state index is 0.200. The first kappa shape index (κ1) is 15.3. The fourth-order valence-corrected chi connectivity index (χ4v) is 2.07. The first-order chi connectivity index (χ1) is 9.88. The van der Waals surface area contributed by atoms with Gasteiger partial charge in [0.05, 0.1) is 6.54 Å². The van der Waals surface area contributed by atoms with Gasteiger partial charge in [0, 0.05) is 5.41 Å². The van der Waals surface area contributed by atoms with Crippen LogP contribution in [0.2, 0.25) is 0 Å². The normalized spacial score (nSPS) is 11.2. The van der Waals surface area contributed by atoms with E-state index in [0.717, 1.165) is 21.8 Å². The van der Waals surface area contributed by atoms with Crippen molar-refractivity contribution in [3.63, 3.8) is 0 Å². The molecule has 1 amide bonds. The quantitative estimate of drug-likeness (QED) is 0.680. The largest absolute Gasteiger partial charge is 0.286 e. The zero-order valence-electron chi connectivity index (χ0n) is 12.7. The summed E-state index contributed by atoms with van der Waals surface area (Å²) in [7, 11) is 0. The van der Waals surface area contributed by atoms with Crippen molar-refractivity contribution in [3.05, 3.63) is 60.2 Å². The van der Waals surface area contributed by atoms with Gasteiger partial charge in [-0.1, -0.05) is 75.4 Å². The van der Waals surface area contributed by atoms with E-state index in [4.69, 9.17) is 0 Å². The van der Waals surface area contributed by atoms with Crippen molar-refractivity contribution in [2.24, 2.45) is 5.41 Å². The Balaban J connectivity index is 2.08. The summed E-state index contributed by atoms with van der Waals surface area (Å²) < 4.78 is 0. The van der Waals surface area contributed by atoms with Crippen LogP contribution >= 0.6 is 0 Å². The minimum atomic E-state index is -0.585. The molecule has 110 valence electrons. The van der Waals surface area contributed by atoms with Gasteiger partial charge in [-0.05, 0) is 16.7 Å². The molecular weight excluding hydrogens is 262 g/mol. The number of amides is 1. The highest BCUT2D eigenvalue weighted by Gasteiger charge is 2.26. The number of benzene rings is 2. The zero-order valence-corrected chi connectivity index (χ0v) is 12.7. The molecule has 0 aromatic heterocycles. The molecule has 0 aliphatic carbocycles. The number of nitrogens with zero attached hydrogens (tertiary/aromatic N) is 1. The van der Waals surface area contributed by atoms with Crippen LogP contribution in [-0.4, -0.2) is 16.2 Å². The van der Waals surface area contributed by atoms with E-state index in [1.165, 1.54) is 0 Å². The minimum Gasteiger partial charge on any atom is -0.286 e. The van der Waals surface area contributed by atoms with Crippen LogP contribution in [0.3, 0.4) is 0 Å². The molecule has 0 bridgehead atoms. The zero-order chi connectivity index (χ0) is 15.5. The van der Waals surface area contributed by atoms with Gasteiger partial charge in [-0.2, -0.15) is 0 Å². The van der Waals surface area contributed by atoms with Crippen LogP contribution in [0.4, 0.5) is 0 Å². The highest BCUT2D eigenvalue weighted by atomic mass is 16.5. The summed E-state index contributed by atoms with van der Waals surface area (Å²) in [6, 6.07) is 18.0. The van der Waals surface area contributed by atoms with Crippen LogP contribution in [0.1, 0.15) is 26.3 Å². The Hall–Kier alpha value is -2.13. The Morgan fingerprint density at radius 2 is 1.48 bits per heavy atom. The van der Waals surface area contributed by atoms with E-state index in [-0.39, 0.29) is 12.5 Å². The average Bonchev–Trinajstić information content (AvgIpc) is 2.47. The summed E-state index contributed by atoms with van der Waals surface area (Å²) in [5, 5.41) is 10.7. The Morgan fingerprint density at radius 3 is 2.00 bits per heavy atom. The highest BCUT2D eigenvalue weighted by Crippen LogP contribution is 2.21. The first-order valence-corrected chi connectivity index (χ1v) is 7.03. The molecule has 0 saturated carbocycles. The average molecular weight is 283 g/mol. The van der Waals surface area contributed by atoms with Gasteiger partial charge in [0.15, 0.2) is 0 Å². The molecule has 0 aliphatic rings. The molecular formula is C18H21NO2. The van der Waals surface area contributed by atoms with Crippen LogP contribution < -0.4 is 0 Å². The predicted molar refractivity (Wildman–Crippen MR) is 83.7 cm³/mol. The predicted octanol–water partition coefficient (Wildman–Crippen LogP) is 4.12. The van der Waals surface area contributed by atoms with Crippen LogP contribution in [0.15, 0.2) is 54.6 Å². The fraction of sp³-hybridized carbons (Fsp3) is 0.278. The summed E-state index contributed by atoms with van der Waals surface area (Å²) >= 11 is 0. The van der Waals surface area contributed by atoms with Gasteiger partial charge in [-0.15, -0.1) is 0 Å². The van der Waals surface area contributed by atoms with E-state index in [1.807, 2.05) is 42.5 Å². The lowest BCUT2D eigenvalue weighted by Crippen LogP contribution is -2.36. The Bertz CT molecular complexity index is 597. The van der Waals surface area contributed by atoms with E-state index < -0.39 is 5.41 Å². The van der Waals surface area contributed by atoms with Gasteiger partial charge < -0.3 is 0 Å². The summed E-state index contributed by atoms with van der Waals surface area (Å²) in [5.41, 5.74) is 2.58. The van der Waals surface area contributed by atoms with Gasteiger partial charge in [0.2, 0.25) is 0 Å². The summed E-state index contributed by atoms with van der Waals surface area (Å²) in [4.78, 5) is 11.9. The van der Waals surface area contributed by atoms with E-state index in [9.17, 15) is 10.0 Å². The highest BCUT2D eigenvalue weighted by molar-refractivity contribution is 5.80. The van der Waals surface area contributed by atoms with Crippen molar-refractivity contribution in [3.8, 4) is 11.1 Å². The molecule has 21 heavy (non-hydrogen) atoms. The molecule has 0 aliphatic heterocycles. The van der Waals surface area contributed by atoms with Gasteiger partial charge in [0.25, 0.3) is 5.91 Å². The maximum absolute atomic E-state index is 11.9. The maximum atomic E-state index is 11.9. The molecule has 0 atom stereocenters. The molecule has 0 heterocycles. The number of hydroxylamine groups is 2. The van der Waals surface area contributed by atoms with Gasteiger partial charge in [-0.25, -0.2) is 5.06 Å². The van der Waals surface area contributed by atoms with Crippen LogP contribution in [0.5, 0.6) is 0 Å². The number of hydrogen-bond acceptors (Lipinski definition) is 2. The molecule has 0 radical (unpaired) electrons. The van der Waals surface area contributed by atoms with Gasteiger partial charge in [-0.3, -0.25) is 10.0 Å². The summed E-state index contributed by atoms with van der Waals surface area (Å²) in [6.07, 6.45) is 0. The SMILES string of the molecule is CC(C)(C)C(=O)N(O)Cc1ccc(-c2ccccc2)cc1. The van der Waals surface area contributed by atoms with Crippen molar-refractivity contribution in [1.29, 1.82) is 0 Å². The third-order valence-corrected chi connectivity index (χ3v) is 3.27. The topological polar surface area (TPSA) is 40.5 Å². The second kappa shape index (κ2) is 6.10. The first-order valence-electron chi connectivity index (χ1n) is 7.03. The number of carbonyl (C=O) groups is 1. The van der Waals surface area contributed by atoms with Crippen molar-refractivity contribution in [1.82, 2.24) is 5.06 Å².